The number of carbonyl (C=O) groups is 1. The molecule has 2 aliphatic heterocycles. The summed E-state index contributed by atoms with van der Waals surface area (Å²) in [6.07, 6.45) is 1.11. The Morgan fingerprint density at radius 3 is 2.80 bits per heavy atom. The summed E-state index contributed by atoms with van der Waals surface area (Å²) in [5, 5.41) is 12.2. The monoisotopic (exact) mass is 278 g/mol. The number of hydrogen-bond acceptors (Lipinski definition) is 5. The number of benzene rings is 1. The molecule has 6 nitrogen and oxygen atoms in total. The molecule has 0 amide bonds. The maximum Gasteiger partial charge on any atom is 0.305 e. The molecule has 3 rings (SSSR count). The van der Waals surface area contributed by atoms with Crippen LogP contribution in [0.15, 0.2) is 12.1 Å². The zero-order valence-electron chi connectivity index (χ0n) is 11.2. The molecule has 2 N–H and O–H groups in total. The Hall–Kier alpha value is -2.11. The Bertz CT molecular complexity index is 518. The van der Waals surface area contributed by atoms with Crippen molar-refractivity contribution in [3.8, 4) is 11.5 Å². The van der Waals surface area contributed by atoms with Gasteiger partial charge in [-0.05, 0) is 6.42 Å². The predicted molar refractivity (Wildman–Crippen MR) is 75.0 cm³/mol. The maximum atomic E-state index is 10.8. The quantitative estimate of drug-likeness (QED) is 0.874. The Kier molecular flexibility index (Phi) is 3.54. The number of aliphatic carboxylic acids is 1. The first kappa shape index (κ1) is 12.9. The largest absolute Gasteiger partial charge is 0.486 e. The molecule has 0 bridgehead atoms. The molecule has 0 saturated heterocycles. The molecule has 1 aromatic carbocycles. The van der Waals surface area contributed by atoms with E-state index in [0.29, 0.717) is 19.8 Å². The lowest BCUT2D eigenvalue weighted by Gasteiger charge is -2.26. The zero-order chi connectivity index (χ0) is 13.9. The van der Waals surface area contributed by atoms with E-state index in [1.807, 2.05) is 12.1 Å². The summed E-state index contributed by atoms with van der Waals surface area (Å²) in [6.45, 7) is 3.33. The number of hydrogen-bond donors (Lipinski definition) is 2. The van der Waals surface area contributed by atoms with Gasteiger partial charge in [0.2, 0.25) is 0 Å². The van der Waals surface area contributed by atoms with Crippen LogP contribution in [0.3, 0.4) is 0 Å². The van der Waals surface area contributed by atoms with E-state index in [-0.39, 0.29) is 6.42 Å². The first-order chi connectivity index (χ1) is 9.74. The van der Waals surface area contributed by atoms with E-state index in [1.54, 1.807) is 0 Å². The fraction of sp³-hybridized carbons (Fsp3) is 0.500. The van der Waals surface area contributed by atoms with Crippen molar-refractivity contribution in [2.45, 2.75) is 12.8 Å². The van der Waals surface area contributed by atoms with Gasteiger partial charge in [0, 0.05) is 31.8 Å². The lowest BCUT2D eigenvalue weighted by atomic mass is 10.2. The van der Waals surface area contributed by atoms with Gasteiger partial charge in [-0.1, -0.05) is 0 Å². The molecule has 0 unspecified atom stereocenters. The standard InChI is InChI=1S/C14H18N2O4/c17-14(18)2-5-16-4-1-3-15-10-8-12-13(9-11(10)16)20-7-6-19-12/h8-9,15H,1-7H2,(H,17,18). The summed E-state index contributed by atoms with van der Waals surface area (Å²) in [6, 6.07) is 3.90. The fourth-order valence-electron chi connectivity index (χ4n) is 2.56. The predicted octanol–water partition coefficient (Wildman–Crippen LogP) is 1.55. The van der Waals surface area contributed by atoms with Crippen LogP contribution in [0.4, 0.5) is 11.4 Å². The van der Waals surface area contributed by atoms with Crippen LogP contribution in [0.25, 0.3) is 0 Å². The van der Waals surface area contributed by atoms with Gasteiger partial charge in [0.1, 0.15) is 13.2 Å². The lowest BCUT2D eigenvalue weighted by Crippen LogP contribution is -2.27. The van der Waals surface area contributed by atoms with Crippen LogP contribution in [0, 0.1) is 0 Å². The molecule has 0 saturated carbocycles. The molecule has 0 aromatic heterocycles. The smallest absolute Gasteiger partial charge is 0.305 e. The second-order valence-electron chi connectivity index (χ2n) is 4.92. The van der Waals surface area contributed by atoms with Crippen molar-refractivity contribution in [3.05, 3.63) is 12.1 Å². The summed E-state index contributed by atoms with van der Waals surface area (Å²) in [7, 11) is 0. The Balaban J connectivity index is 1.91. The number of rotatable bonds is 3. The van der Waals surface area contributed by atoms with Gasteiger partial charge in [-0.2, -0.15) is 0 Å². The molecule has 6 heteroatoms. The highest BCUT2D eigenvalue weighted by molar-refractivity contribution is 5.77. The molecule has 0 atom stereocenters. The van der Waals surface area contributed by atoms with Crippen LogP contribution in [-0.4, -0.2) is 43.9 Å². The van der Waals surface area contributed by atoms with E-state index < -0.39 is 5.97 Å². The number of anilines is 2. The highest BCUT2D eigenvalue weighted by Gasteiger charge is 2.21. The average molecular weight is 278 g/mol. The van der Waals surface area contributed by atoms with Gasteiger partial charge >= 0.3 is 5.97 Å². The van der Waals surface area contributed by atoms with Crippen LogP contribution in [-0.2, 0) is 4.79 Å². The van der Waals surface area contributed by atoms with E-state index in [0.717, 1.165) is 42.4 Å². The fourth-order valence-corrected chi connectivity index (χ4v) is 2.56. The third kappa shape index (κ3) is 2.59. The highest BCUT2D eigenvalue weighted by Crippen LogP contribution is 2.40. The molecule has 2 aliphatic rings. The number of fused-ring (bicyclic) bond motifs is 2. The first-order valence-corrected chi connectivity index (χ1v) is 6.88. The van der Waals surface area contributed by atoms with Gasteiger partial charge in [0.25, 0.3) is 0 Å². The minimum atomic E-state index is -0.777. The highest BCUT2D eigenvalue weighted by atomic mass is 16.6. The third-order valence-electron chi connectivity index (χ3n) is 3.52. The minimum absolute atomic E-state index is 0.133. The lowest BCUT2D eigenvalue weighted by molar-refractivity contribution is -0.136. The summed E-state index contributed by atoms with van der Waals surface area (Å²) >= 11 is 0. The summed E-state index contributed by atoms with van der Waals surface area (Å²) in [5.41, 5.74) is 1.98. The SMILES string of the molecule is O=C(O)CCN1CCCNc2cc3c(cc21)OCCO3. The Morgan fingerprint density at radius 1 is 1.30 bits per heavy atom. The van der Waals surface area contributed by atoms with Crippen LogP contribution in [0.5, 0.6) is 11.5 Å². The van der Waals surface area contributed by atoms with Crippen molar-refractivity contribution in [2.24, 2.45) is 0 Å². The van der Waals surface area contributed by atoms with E-state index >= 15 is 0 Å². The maximum absolute atomic E-state index is 10.8. The van der Waals surface area contributed by atoms with E-state index in [4.69, 9.17) is 14.6 Å². The Labute approximate surface area is 117 Å². The van der Waals surface area contributed by atoms with Gasteiger partial charge in [0.05, 0.1) is 17.8 Å². The number of carboxylic acids is 1. The minimum Gasteiger partial charge on any atom is -0.486 e. The van der Waals surface area contributed by atoms with Crippen molar-refractivity contribution in [2.75, 3.05) is 43.1 Å². The van der Waals surface area contributed by atoms with E-state index in [9.17, 15) is 4.79 Å². The first-order valence-electron chi connectivity index (χ1n) is 6.88. The number of nitrogens with one attached hydrogen (secondary N) is 1. The van der Waals surface area contributed by atoms with Crippen LogP contribution in [0.2, 0.25) is 0 Å². The molecule has 0 spiro atoms. The van der Waals surface area contributed by atoms with Gasteiger partial charge in [-0.3, -0.25) is 4.79 Å². The van der Waals surface area contributed by atoms with Crippen LogP contribution in [0.1, 0.15) is 12.8 Å². The van der Waals surface area contributed by atoms with Gasteiger partial charge in [-0.15, -0.1) is 0 Å². The average Bonchev–Trinajstić information content (AvgIpc) is 2.64. The van der Waals surface area contributed by atoms with Gasteiger partial charge in [-0.25, -0.2) is 0 Å². The second kappa shape index (κ2) is 5.48. The molecular formula is C14H18N2O4. The van der Waals surface area contributed by atoms with Crippen molar-refractivity contribution in [1.82, 2.24) is 0 Å². The topological polar surface area (TPSA) is 71.0 Å². The number of ether oxygens (including phenoxy) is 2. The normalized spacial score (nSPS) is 16.9. The third-order valence-corrected chi connectivity index (χ3v) is 3.52. The second-order valence-corrected chi connectivity index (χ2v) is 4.92. The summed E-state index contributed by atoms with van der Waals surface area (Å²) in [4.78, 5) is 12.9. The molecule has 108 valence electrons. The van der Waals surface area contributed by atoms with E-state index in [2.05, 4.69) is 10.2 Å². The molecular weight excluding hydrogens is 260 g/mol. The van der Waals surface area contributed by atoms with Crippen molar-refractivity contribution >= 4 is 17.3 Å². The van der Waals surface area contributed by atoms with Crippen molar-refractivity contribution < 1.29 is 19.4 Å². The molecule has 20 heavy (non-hydrogen) atoms. The molecule has 0 fully saturated rings. The molecule has 0 aliphatic carbocycles. The molecule has 1 aromatic rings. The van der Waals surface area contributed by atoms with Gasteiger partial charge in [0.15, 0.2) is 11.5 Å². The van der Waals surface area contributed by atoms with Crippen LogP contribution >= 0.6 is 0 Å². The van der Waals surface area contributed by atoms with Crippen molar-refractivity contribution in [3.63, 3.8) is 0 Å². The summed E-state index contributed by atoms with van der Waals surface area (Å²) < 4.78 is 11.2. The van der Waals surface area contributed by atoms with Crippen LogP contribution < -0.4 is 19.7 Å². The number of carboxylic acid groups (broad SMARTS) is 1. The zero-order valence-corrected chi connectivity index (χ0v) is 11.2. The molecule has 0 radical (unpaired) electrons. The Morgan fingerprint density at radius 2 is 2.05 bits per heavy atom. The van der Waals surface area contributed by atoms with Crippen molar-refractivity contribution in [1.29, 1.82) is 0 Å². The number of nitrogens with zero attached hydrogens (tertiary/aromatic N) is 1. The molecule has 2 heterocycles. The van der Waals surface area contributed by atoms with E-state index in [1.165, 1.54) is 0 Å². The summed E-state index contributed by atoms with van der Waals surface area (Å²) in [5.74, 6) is 0.711. The van der Waals surface area contributed by atoms with Gasteiger partial charge < -0.3 is 24.8 Å².